The van der Waals surface area contributed by atoms with Crippen molar-refractivity contribution in [3.63, 3.8) is 0 Å². The number of fused-ring (bicyclic) bond motifs is 2. The first kappa shape index (κ1) is 28.2. The molecule has 2 aliphatic heterocycles. The molecule has 0 bridgehead atoms. The largest absolute Gasteiger partial charge is 0.387 e. The number of benzene rings is 2. The van der Waals surface area contributed by atoms with Gasteiger partial charge in [-0.1, -0.05) is 43.2 Å². The average molecular weight is 552 g/mol. The molecular weight excluding hydrogens is 514 g/mol. The molecule has 9 heteroatoms. The summed E-state index contributed by atoms with van der Waals surface area (Å²) in [4.78, 5) is 36.9. The summed E-state index contributed by atoms with van der Waals surface area (Å²) in [5.74, 6) is 0.234. The number of anilines is 1. The van der Waals surface area contributed by atoms with Gasteiger partial charge >= 0.3 is 0 Å². The number of nitrogens with two attached hydrogens (primary N) is 2. The molecule has 0 radical (unpaired) electrons. The number of amides is 2. The Morgan fingerprint density at radius 2 is 1.85 bits per heavy atom. The number of rotatable bonds is 9. The molecule has 0 saturated heterocycles. The number of carbonyl (C=O) groups is 2. The van der Waals surface area contributed by atoms with E-state index in [-0.39, 0.29) is 11.8 Å². The highest BCUT2D eigenvalue weighted by molar-refractivity contribution is 6.05. The Kier molecular flexibility index (Phi) is 8.86. The van der Waals surface area contributed by atoms with Gasteiger partial charge in [0.25, 0.3) is 11.8 Å². The predicted octanol–water partition coefficient (Wildman–Crippen LogP) is 4.16. The number of aliphatic imine (C=N–C) groups is 1. The summed E-state index contributed by atoms with van der Waals surface area (Å²) in [6.45, 7) is 5.39. The maximum Gasteiger partial charge on any atom is 0.255 e. The van der Waals surface area contributed by atoms with Gasteiger partial charge in [-0.3, -0.25) is 19.5 Å². The van der Waals surface area contributed by atoms with Gasteiger partial charge in [0.05, 0.1) is 17.6 Å². The van der Waals surface area contributed by atoms with Crippen LogP contribution >= 0.6 is 0 Å². The topological polar surface area (TPSA) is 139 Å². The number of nitrogens with zero attached hydrogens (tertiary/aromatic N) is 3. The van der Waals surface area contributed by atoms with Crippen LogP contribution in [0.5, 0.6) is 0 Å². The molecule has 3 aromatic rings. The van der Waals surface area contributed by atoms with Crippen LogP contribution in [0.1, 0.15) is 69.3 Å². The van der Waals surface area contributed by atoms with Crippen LogP contribution in [0, 0.1) is 0 Å². The van der Waals surface area contributed by atoms with E-state index >= 15 is 0 Å². The van der Waals surface area contributed by atoms with Crippen LogP contribution in [0.2, 0.25) is 0 Å². The first-order chi connectivity index (χ1) is 19.9. The Bertz CT molecular complexity index is 1490. The molecule has 2 amide bonds. The summed E-state index contributed by atoms with van der Waals surface area (Å²) in [6, 6.07) is 15.2. The van der Waals surface area contributed by atoms with Crippen molar-refractivity contribution in [3.05, 3.63) is 93.8 Å². The van der Waals surface area contributed by atoms with Crippen molar-refractivity contribution in [2.75, 3.05) is 25.0 Å². The number of nitrogens with one attached hydrogen (secondary N) is 2. The summed E-state index contributed by atoms with van der Waals surface area (Å²) in [5, 5.41) is 5.79. The second-order valence-corrected chi connectivity index (χ2v) is 10.6. The van der Waals surface area contributed by atoms with Gasteiger partial charge in [-0.2, -0.15) is 0 Å². The molecule has 3 heterocycles. The molecule has 6 N–H and O–H groups in total. The quantitative estimate of drug-likeness (QED) is 0.315. The monoisotopic (exact) mass is 551 g/mol. The molecular formula is C32H37N7O2. The van der Waals surface area contributed by atoms with E-state index in [1.807, 2.05) is 42.5 Å². The maximum atomic E-state index is 13.2. The molecule has 0 fully saturated rings. The molecule has 2 aromatic carbocycles. The van der Waals surface area contributed by atoms with Gasteiger partial charge < -0.3 is 22.1 Å². The minimum absolute atomic E-state index is 0.116. The standard InChI is InChI=1S/C32H37N7O2/c1-2-3-22-14-24-8-9-25(17-29(24)38-30(34)15-22)32(41)37-27-16-26-20-39(13-10-28(26)36-18-27)19-21-4-6-23(7-5-21)31(40)35-12-11-33/h4-9,14,16-18H,2-3,10-13,15,19-20,33H2,1H3,(H2,34,38)(H,35,40)(H,37,41). The molecule has 5 rings (SSSR count). The number of hydrogen-bond acceptors (Lipinski definition) is 7. The van der Waals surface area contributed by atoms with E-state index in [2.05, 4.69) is 38.5 Å². The average Bonchev–Trinajstić information content (AvgIpc) is 3.13. The van der Waals surface area contributed by atoms with Crippen LogP contribution in [0.15, 0.2) is 65.3 Å². The number of aromatic nitrogens is 1. The fraction of sp³-hybridized carbons (Fsp3) is 0.312. The second kappa shape index (κ2) is 12.9. The van der Waals surface area contributed by atoms with Crippen molar-refractivity contribution in [1.82, 2.24) is 15.2 Å². The van der Waals surface area contributed by atoms with Crippen LogP contribution in [0.3, 0.4) is 0 Å². The predicted molar refractivity (Wildman–Crippen MR) is 163 cm³/mol. The molecule has 0 saturated carbocycles. The summed E-state index contributed by atoms with van der Waals surface area (Å²) >= 11 is 0. The highest BCUT2D eigenvalue weighted by atomic mass is 16.2. The van der Waals surface area contributed by atoms with Crippen molar-refractivity contribution >= 4 is 35.1 Å². The second-order valence-electron chi connectivity index (χ2n) is 10.6. The van der Waals surface area contributed by atoms with E-state index in [1.54, 1.807) is 12.3 Å². The van der Waals surface area contributed by atoms with Gasteiger partial charge in [0.15, 0.2) is 0 Å². The van der Waals surface area contributed by atoms with Gasteiger partial charge in [-0.05, 0) is 47.9 Å². The third kappa shape index (κ3) is 7.06. The van der Waals surface area contributed by atoms with Crippen LogP contribution in [-0.2, 0) is 19.5 Å². The number of pyridine rings is 1. The summed E-state index contributed by atoms with van der Waals surface area (Å²) in [7, 11) is 0. The van der Waals surface area contributed by atoms with E-state index in [0.29, 0.717) is 47.8 Å². The van der Waals surface area contributed by atoms with E-state index < -0.39 is 0 Å². The number of carbonyl (C=O) groups excluding carboxylic acids is 2. The summed E-state index contributed by atoms with van der Waals surface area (Å²) < 4.78 is 0. The van der Waals surface area contributed by atoms with Crippen LogP contribution in [0.25, 0.3) is 6.08 Å². The van der Waals surface area contributed by atoms with Crippen LogP contribution < -0.4 is 22.1 Å². The summed E-state index contributed by atoms with van der Waals surface area (Å²) in [6.07, 6.45) is 7.37. The highest BCUT2D eigenvalue weighted by Crippen LogP contribution is 2.29. The fourth-order valence-corrected chi connectivity index (χ4v) is 5.28. The zero-order valence-electron chi connectivity index (χ0n) is 23.5. The SMILES string of the molecule is CCCC1=Cc2ccc(C(=O)Nc3cnc4c(c3)CN(Cc3ccc(C(=O)NCCN)cc3)CC4)cc2N=C(N)C1. The third-order valence-corrected chi connectivity index (χ3v) is 7.32. The minimum Gasteiger partial charge on any atom is -0.387 e. The lowest BCUT2D eigenvalue weighted by Crippen LogP contribution is -2.31. The van der Waals surface area contributed by atoms with Gasteiger partial charge in [-0.15, -0.1) is 0 Å². The molecule has 2 aliphatic rings. The normalized spacial score (nSPS) is 14.7. The van der Waals surface area contributed by atoms with E-state index in [0.717, 1.165) is 61.3 Å². The maximum absolute atomic E-state index is 13.2. The van der Waals surface area contributed by atoms with E-state index in [4.69, 9.17) is 11.5 Å². The molecule has 0 atom stereocenters. The molecule has 1 aromatic heterocycles. The Balaban J connectivity index is 1.24. The molecule has 212 valence electrons. The van der Waals surface area contributed by atoms with Gasteiger partial charge in [0.2, 0.25) is 0 Å². The number of hydrogen-bond donors (Lipinski definition) is 4. The van der Waals surface area contributed by atoms with Crippen molar-refractivity contribution < 1.29 is 9.59 Å². The molecule has 0 unspecified atom stereocenters. The smallest absolute Gasteiger partial charge is 0.255 e. The molecule has 9 nitrogen and oxygen atoms in total. The van der Waals surface area contributed by atoms with E-state index in [9.17, 15) is 9.59 Å². The first-order valence-corrected chi connectivity index (χ1v) is 14.2. The number of amidine groups is 1. The Morgan fingerprint density at radius 3 is 2.63 bits per heavy atom. The third-order valence-electron chi connectivity index (χ3n) is 7.32. The Hall–Kier alpha value is -4.34. The Morgan fingerprint density at radius 1 is 1.05 bits per heavy atom. The first-order valence-electron chi connectivity index (χ1n) is 14.2. The van der Waals surface area contributed by atoms with Crippen molar-refractivity contribution in [2.24, 2.45) is 16.5 Å². The fourth-order valence-electron chi connectivity index (χ4n) is 5.28. The molecule has 0 spiro atoms. The molecule has 0 aliphatic carbocycles. The van der Waals surface area contributed by atoms with Crippen molar-refractivity contribution in [3.8, 4) is 0 Å². The van der Waals surface area contributed by atoms with Crippen LogP contribution in [0.4, 0.5) is 11.4 Å². The zero-order chi connectivity index (χ0) is 28.8. The molecule has 41 heavy (non-hydrogen) atoms. The van der Waals surface area contributed by atoms with Gasteiger partial charge in [0.1, 0.15) is 5.84 Å². The van der Waals surface area contributed by atoms with Crippen molar-refractivity contribution in [2.45, 2.75) is 45.7 Å². The van der Waals surface area contributed by atoms with Crippen LogP contribution in [-0.4, -0.2) is 47.2 Å². The van der Waals surface area contributed by atoms with Crippen molar-refractivity contribution in [1.29, 1.82) is 0 Å². The van der Waals surface area contributed by atoms with E-state index in [1.165, 1.54) is 5.57 Å². The minimum atomic E-state index is -0.214. The van der Waals surface area contributed by atoms with Gasteiger partial charge in [0, 0.05) is 67.9 Å². The lowest BCUT2D eigenvalue weighted by atomic mass is 10.0. The highest BCUT2D eigenvalue weighted by Gasteiger charge is 2.19. The lowest BCUT2D eigenvalue weighted by Gasteiger charge is -2.28. The lowest BCUT2D eigenvalue weighted by molar-refractivity contribution is 0.0954. The summed E-state index contributed by atoms with van der Waals surface area (Å²) in [5.41, 5.74) is 19.6. The van der Waals surface area contributed by atoms with Gasteiger partial charge in [-0.25, -0.2) is 4.99 Å². The Labute approximate surface area is 240 Å². The zero-order valence-corrected chi connectivity index (χ0v) is 23.5.